The minimum atomic E-state index is -4.05. The number of aryl methyl sites for hydroxylation is 2. The number of hydrogen-bond donors (Lipinski definition) is 2. The summed E-state index contributed by atoms with van der Waals surface area (Å²) in [7, 11) is -11.6. The van der Waals surface area contributed by atoms with Gasteiger partial charge < -0.3 is 91.1 Å². The van der Waals surface area contributed by atoms with Crippen LogP contribution in [-0.4, -0.2) is 210 Å². The number of carbonyl (C=O) groups is 3. The van der Waals surface area contributed by atoms with Crippen LogP contribution in [0.3, 0.4) is 0 Å². The maximum absolute atomic E-state index is 12.1. The molecule has 2 atom stereocenters. The first-order valence-electron chi connectivity index (χ1n) is 43.0. The summed E-state index contributed by atoms with van der Waals surface area (Å²) >= 11 is 30.6. The number of rotatable bonds is 19. The van der Waals surface area contributed by atoms with Gasteiger partial charge in [-0.1, -0.05) is 150 Å². The predicted octanol–water partition coefficient (Wildman–Crippen LogP) is 15.6. The third kappa shape index (κ3) is 48.6. The number of benzene rings is 7. The molecule has 2 aliphatic carbocycles. The molecule has 147 heavy (non-hydrogen) atoms. The van der Waals surface area contributed by atoms with Crippen LogP contribution in [0.4, 0.5) is 18.6 Å². The molecular formula is C95H111AuBBr7F4N5O22PS11. The molecule has 0 bridgehead atoms. The number of carbonyl (C=O) groups excluding carboxylic acids is 2. The number of halogens is 11. The smallest absolute Gasteiger partial charge is 1.00 e. The van der Waals surface area contributed by atoms with E-state index in [1.54, 1.807) is 58.8 Å². The molecule has 2 N–H and O–H groups in total. The van der Waals surface area contributed by atoms with E-state index in [-0.39, 0.29) is 98.8 Å². The third-order valence-corrected chi connectivity index (χ3v) is 35.4. The molecule has 810 valence electrons. The number of ether oxygens (including phenoxy) is 6. The minimum Gasteiger partial charge on any atom is -1.00 e. The first kappa shape index (κ1) is 140. The number of carboxylic acid groups (broad SMARTS) is 1. The fourth-order valence-corrected chi connectivity index (χ4v) is 23.1. The van der Waals surface area contributed by atoms with Crippen molar-refractivity contribution in [3.63, 3.8) is 0 Å². The molecule has 2 unspecified atom stereocenters. The number of aromatic carboxylic acids is 1. The molecule has 2 aromatic heterocycles. The average molecular weight is 2900 g/mol. The molecule has 0 saturated carbocycles. The number of fused-ring (bicyclic) bond motifs is 5. The standard InChI is InChI=1S/C32H35N2O2S4.C20H24O6.C14H12O5S.C7H12O5S2.C6H4Br3NO2S.C6H9NOS2.C6H5PS.C4H9NO.Au.BF3.Br2.2BrH.FH/c1-5-33-27-19-25(39-36-3)11-13-29(27)37-31(33)17-21-7-9-23-10-8-22(16-24(23)15-21)18-32-34(6-2)28-20-26(40(4)35)12-14-30(28)38-32;1-2-6-18-17(5-1)23-13-9-21-11-15-25-19-7-3-4-8-20(19)26-16-12-22-10-14-24-18;1-10-6-8-11(9-7-10)20(17,18)19-13-5-3-2-4-12(13)14(15)16;1-3-13(9,10)5-7(8)6-14(11,12)4-2;7-6(8,9)13(11,12)5-3-1-2-4-10-5;1-6(2)4(8)7(3)5(9)10-6;8-7-6-4-2-1-3-5-6;1-4(6)5(2)3;;2-1(3)4;1-2;;;/h11-20,23H,5-10H2,1-4H3;1-8H,9-16H2;2-9H,1H3,(H,15,16);3-4,7-8H,1-2,5-6H2;1-4H;1-3H3;1-5H;1-3H3;;;;3*1H/q+1;;;;;;;;+1;;;;;/p-2. The fraction of sp³-hybridized carbons (Fsp3) is 0.326. The van der Waals surface area contributed by atoms with E-state index >= 15 is 0 Å². The number of thiazole rings is 1. The number of sulfone groups is 3. The molecular weight excluding hydrogens is 2790 g/mol. The molecule has 0 saturated heterocycles. The van der Waals surface area contributed by atoms with E-state index in [0.29, 0.717) is 97.0 Å². The summed E-state index contributed by atoms with van der Waals surface area (Å²) in [5.74, 6) is 0.893. The Labute approximate surface area is 967 Å². The minimum absolute atomic E-state index is 0. The van der Waals surface area contributed by atoms with Crippen LogP contribution in [-0.2, 0) is 127 Å². The number of nitrogens with zero attached hydrogens (tertiary/aromatic N) is 5. The molecule has 5 aliphatic rings. The van der Waals surface area contributed by atoms with Crippen LogP contribution in [0.25, 0.3) is 16.3 Å². The van der Waals surface area contributed by atoms with Gasteiger partial charge in [0.2, 0.25) is 22.7 Å². The Morgan fingerprint density at radius 1 is 0.762 bits per heavy atom. The summed E-state index contributed by atoms with van der Waals surface area (Å²) in [6.07, 6.45) is 16.1. The third-order valence-electron chi connectivity index (χ3n) is 19.7. The van der Waals surface area contributed by atoms with Crippen LogP contribution in [0.15, 0.2) is 277 Å². The SMILES string of the molecule is Br.BrBr.C=CS(=O)(=O)CC(O)CS(=O)(=O)C=C.CC(=O)N(C)C.CCN1/C(=C/C2=CC3=C/C(=C/c4sc5ccc(SOC)cc5[n+]4CC)CCC3CC2)Sc2ccc(S(C)=O)cc21.C[N+]1=C([S-])SC(C)(C)C1=O.Cc1ccc(S(=O)(=O)Oc2ccccc2C(=O)O)cc1.FB(F)F.O=S(=O)(c1ccccn1)C(Br)(Br)Br.S=Pc1ccccc1.[Au+].[Br-].[F-].c1ccc2c(c1)OCCOCCOc1ccccc1OCCOCCO2. The normalized spacial score (nSPS) is 15.4. The van der Waals surface area contributed by atoms with E-state index in [0.717, 1.165) is 48.6 Å². The number of hydrogen-bond acceptors (Lipinski definition) is 29. The van der Waals surface area contributed by atoms with Gasteiger partial charge >= 0.3 is 51.9 Å². The van der Waals surface area contributed by atoms with Gasteiger partial charge in [-0.05, 0) is 240 Å². The van der Waals surface area contributed by atoms with E-state index in [9.17, 15) is 65.2 Å². The predicted molar refractivity (Wildman–Crippen MR) is 603 cm³/mol. The van der Waals surface area contributed by atoms with Crippen molar-refractivity contribution in [1.82, 2.24) is 9.88 Å². The molecule has 0 fully saturated rings. The summed E-state index contributed by atoms with van der Waals surface area (Å²) in [4.78, 5) is 43.2. The fourth-order valence-electron chi connectivity index (χ4n) is 12.6. The number of para-hydroxylation sites is 5. The van der Waals surface area contributed by atoms with Gasteiger partial charge in [0.15, 0.2) is 53.4 Å². The van der Waals surface area contributed by atoms with Crippen LogP contribution in [0.2, 0.25) is 0 Å². The van der Waals surface area contributed by atoms with Crippen molar-refractivity contribution < 1.29 is 165 Å². The zero-order chi connectivity index (χ0) is 106. The molecule has 5 heterocycles. The van der Waals surface area contributed by atoms with Gasteiger partial charge in [-0.2, -0.15) is 17.6 Å². The Bertz CT molecular complexity index is 6280. The molecule has 27 nitrogen and oxygen atoms in total. The second-order valence-corrected chi connectivity index (χ2v) is 54.5. The molecule has 2 amide bonds. The molecule has 3 aliphatic heterocycles. The van der Waals surface area contributed by atoms with E-state index in [2.05, 4.69) is 172 Å². The second-order valence-electron chi connectivity index (χ2n) is 30.6. The number of allylic oxidation sites excluding steroid dienone is 6. The van der Waals surface area contributed by atoms with E-state index in [1.807, 2.05) is 129 Å². The Hall–Kier alpha value is -5.43. The number of carboxylic acids is 1. The maximum atomic E-state index is 12.1. The van der Waals surface area contributed by atoms with Gasteiger partial charge in [-0.25, -0.2) is 39.8 Å². The van der Waals surface area contributed by atoms with Crippen LogP contribution >= 0.6 is 147 Å². The number of thioether (sulfide) groups is 2. The van der Waals surface area contributed by atoms with Gasteiger partial charge in [0.1, 0.15) is 64.3 Å². The molecule has 9 aromatic rings. The van der Waals surface area contributed by atoms with Crippen molar-refractivity contribution >= 4 is 279 Å². The Morgan fingerprint density at radius 2 is 1.26 bits per heavy atom. The number of amides is 2. The maximum Gasteiger partial charge on any atom is 1.00 e. The quantitative estimate of drug-likeness (QED) is 0.0111. The molecule has 52 heteroatoms. The zero-order valence-electron chi connectivity index (χ0n) is 81.0. The first-order chi connectivity index (χ1) is 67.6. The summed E-state index contributed by atoms with van der Waals surface area (Å²) in [5.41, 5.74) is 7.48. The van der Waals surface area contributed by atoms with Crippen molar-refractivity contribution in [2.45, 2.75) is 111 Å². The van der Waals surface area contributed by atoms with Crippen LogP contribution in [0, 0.1) is 12.8 Å². The van der Waals surface area contributed by atoms with Gasteiger partial charge in [0, 0.05) is 141 Å². The summed E-state index contributed by atoms with van der Waals surface area (Å²) in [5, 5.41) is 23.3. The van der Waals surface area contributed by atoms with Crippen LogP contribution in [0.5, 0.6) is 28.7 Å². The van der Waals surface area contributed by atoms with Gasteiger partial charge in [-0.15, -0.1) is 17.0 Å². The van der Waals surface area contributed by atoms with Crippen LogP contribution < -0.4 is 59.6 Å². The largest absolute Gasteiger partial charge is 1.00 e. The van der Waals surface area contributed by atoms with E-state index < -0.39 is 83.0 Å². The average Bonchev–Trinajstić information content (AvgIpc) is 1.53. The number of aliphatic hydroxyl groups is 1. The van der Waals surface area contributed by atoms with Gasteiger partial charge in [0.25, 0.3) is 5.01 Å². The van der Waals surface area contributed by atoms with E-state index in [1.165, 1.54) is 155 Å². The Morgan fingerprint density at radius 3 is 1.68 bits per heavy atom. The van der Waals surface area contributed by atoms with Gasteiger partial charge in [0.05, 0.1) is 61.9 Å². The number of aromatic nitrogens is 2. The van der Waals surface area contributed by atoms with Crippen molar-refractivity contribution in [2.24, 2.45) is 5.92 Å². The van der Waals surface area contributed by atoms with Crippen molar-refractivity contribution in [1.29, 1.82) is 0 Å². The monoisotopic (exact) mass is 2890 g/mol. The van der Waals surface area contributed by atoms with Crippen molar-refractivity contribution in [3.05, 3.63) is 268 Å². The first-order valence-corrected chi connectivity index (χ1v) is 62.5. The summed E-state index contributed by atoms with van der Waals surface area (Å²) in [6.45, 7) is 23.1. The van der Waals surface area contributed by atoms with E-state index in [4.69, 9.17) is 71.4 Å². The van der Waals surface area contributed by atoms with Crippen LogP contribution in [0.1, 0.15) is 81.2 Å². The Balaban J connectivity index is 0.000000886. The number of alkyl halides is 3. The summed E-state index contributed by atoms with van der Waals surface area (Å²) in [6, 6.07) is 54.4. The molecule has 14 rings (SSSR count). The van der Waals surface area contributed by atoms with Crippen molar-refractivity contribution in [2.75, 3.05) is 110 Å². The van der Waals surface area contributed by atoms with Crippen molar-refractivity contribution in [3.8, 4) is 28.7 Å². The molecule has 7 aromatic carbocycles. The second kappa shape index (κ2) is 70.9. The zero-order valence-corrected chi connectivity index (χ0v) is 104. The number of aliphatic hydroxyl groups excluding tert-OH is 1. The number of pyridine rings is 1. The number of anilines is 1. The Kier molecular flexibility index (Phi) is 67.3. The van der Waals surface area contributed by atoms with Gasteiger partial charge in [-0.3, -0.25) is 22.0 Å². The topological polar surface area (TPSA) is 345 Å². The summed E-state index contributed by atoms with van der Waals surface area (Å²) < 4.78 is 181. The molecule has 0 radical (unpaired) electrons. The molecule has 0 spiro atoms.